The number of sulfonamides is 1. The fourth-order valence-electron chi connectivity index (χ4n) is 4.33. The summed E-state index contributed by atoms with van der Waals surface area (Å²) in [6.45, 7) is 3.03. The molecule has 1 amide bonds. The monoisotopic (exact) mass is 450 g/mol. The van der Waals surface area contributed by atoms with Crippen LogP contribution in [-0.4, -0.2) is 50.3 Å². The maximum absolute atomic E-state index is 12.7. The van der Waals surface area contributed by atoms with E-state index < -0.39 is 16.0 Å². The first-order chi connectivity index (χ1) is 14.9. The highest BCUT2D eigenvalue weighted by atomic mass is 32.2. The number of rotatable bonds is 8. The average molecular weight is 451 g/mol. The van der Waals surface area contributed by atoms with E-state index >= 15 is 0 Å². The first kappa shape index (κ1) is 23.7. The van der Waals surface area contributed by atoms with Gasteiger partial charge in [-0.3, -0.25) is 9.59 Å². The predicted octanol–water partition coefficient (Wildman–Crippen LogP) is 3.03. The molecular weight excluding hydrogens is 416 g/mol. The van der Waals surface area contributed by atoms with Gasteiger partial charge in [0.2, 0.25) is 10.0 Å². The zero-order valence-corrected chi connectivity index (χ0v) is 19.2. The van der Waals surface area contributed by atoms with Crippen molar-refractivity contribution < 1.29 is 22.7 Å². The van der Waals surface area contributed by atoms with Crippen molar-refractivity contribution in [1.29, 1.82) is 0 Å². The molecule has 1 aliphatic heterocycles. The van der Waals surface area contributed by atoms with Crippen molar-refractivity contribution in [2.45, 2.75) is 75.6 Å². The molecule has 2 fully saturated rings. The van der Waals surface area contributed by atoms with E-state index in [9.17, 15) is 18.0 Å². The van der Waals surface area contributed by atoms with E-state index in [1.807, 2.05) is 0 Å². The van der Waals surface area contributed by atoms with Crippen LogP contribution in [0.2, 0.25) is 0 Å². The lowest BCUT2D eigenvalue weighted by molar-refractivity contribution is -0.148. The van der Waals surface area contributed by atoms with Gasteiger partial charge in [0, 0.05) is 25.6 Å². The van der Waals surface area contributed by atoms with Gasteiger partial charge in [0.15, 0.2) is 6.61 Å². The van der Waals surface area contributed by atoms with Crippen molar-refractivity contribution in [1.82, 2.24) is 9.62 Å². The summed E-state index contributed by atoms with van der Waals surface area (Å²) >= 11 is 0. The van der Waals surface area contributed by atoms with E-state index in [0.717, 1.165) is 44.1 Å². The van der Waals surface area contributed by atoms with Gasteiger partial charge < -0.3 is 10.1 Å². The highest BCUT2D eigenvalue weighted by Gasteiger charge is 2.26. The lowest BCUT2D eigenvalue weighted by atomic mass is 9.86. The molecule has 8 heteroatoms. The van der Waals surface area contributed by atoms with Gasteiger partial charge in [0.1, 0.15) is 0 Å². The summed E-state index contributed by atoms with van der Waals surface area (Å²) in [4.78, 5) is 24.3. The third-order valence-corrected chi connectivity index (χ3v) is 8.23. The van der Waals surface area contributed by atoms with Crippen LogP contribution in [0.15, 0.2) is 29.2 Å². The molecule has 2 aliphatic rings. The molecule has 0 aromatic heterocycles. The minimum Gasteiger partial charge on any atom is -0.456 e. The van der Waals surface area contributed by atoms with E-state index in [-0.39, 0.29) is 29.9 Å². The van der Waals surface area contributed by atoms with Crippen LogP contribution in [0.25, 0.3) is 0 Å². The fourth-order valence-corrected chi connectivity index (χ4v) is 5.84. The summed E-state index contributed by atoms with van der Waals surface area (Å²) in [7, 11) is -3.45. The largest absolute Gasteiger partial charge is 0.456 e. The van der Waals surface area contributed by atoms with Gasteiger partial charge in [-0.05, 0) is 55.7 Å². The molecule has 1 aliphatic carbocycles. The Morgan fingerprint density at radius 2 is 1.71 bits per heavy atom. The molecule has 3 rings (SSSR count). The van der Waals surface area contributed by atoms with E-state index in [1.165, 1.54) is 6.42 Å². The molecule has 1 saturated heterocycles. The molecule has 1 aromatic carbocycles. The van der Waals surface area contributed by atoms with Crippen LogP contribution in [0.3, 0.4) is 0 Å². The van der Waals surface area contributed by atoms with Gasteiger partial charge in [-0.15, -0.1) is 0 Å². The minimum atomic E-state index is -3.45. The van der Waals surface area contributed by atoms with Crippen LogP contribution < -0.4 is 5.32 Å². The normalized spacial score (nSPS) is 22.6. The molecule has 31 heavy (non-hydrogen) atoms. The second-order valence-corrected chi connectivity index (χ2v) is 10.6. The molecule has 1 heterocycles. The Labute approximate surface area is 185 Å². The smallest absolute Gasteiger partial charge is 0.306 e. The summed E-state index contributed by atoms with van der Waals surface area (Å²) in [6.07, 6.45) is 7.86. The Bertz CT molecular complexity index is 847. The molecule has 1 aromatic rings. The first-order valence-corrected chi connectivity index (χ1v) is 12.8. The standard InChI is InChI=1S/C23H34N2O5S/c1-18-7-3-4-8-21(18)24-22(26)17-30-23(27)14-11-19-9-12-20(13-10-19)31(28,29)25-15-5-2-6-16-25/h9-10,12-13,18,21H,2-8,11,14-17H2,1H3,(H,24,26). The quantitative estimate of drug-likeness (QED) is 0.615. The molecule has 1 saturated carbocycles. The summed E-state index contributed by atoms with van der Waals surface area (Å²) < 4.78 is 32.0. The Balaban J connectivity index is 1.41. The molecular formula is C23H34N2O5S. The summed E-state index contributed by atoms with van der Waals surface area (Å²) in [6, 6.07) is 6.84. The Morgan fingerprint density at radius 1 is 1.03 bits per heavy atom. The van der Waals surface area contributed by atoms with E-state index in [1.54, 1.807) is 28.6 Å². The zero-order chi connectivity index (χ0) is 22.3. The third kappa shape index (κ3) is 6.77. The van der Waals surface area contributed by atoms with Crippen LogP contribution in [0.4, 0.5) is 0 Å². The summed E-state index contributed by atoms with van der Waals surface area (Å²) in [5.74, 6) is -0.230. The predicted molar refractivity (Wildman–Crippen MR) is 118 cm³/mol. The first-order valence-electron chi connectivity index (χ1n) is 11.4. The second-order valence-electron chi connectivity index (χ2n) is 8.71. The van der Waals surface area contributed by atoms with Crippen LogP contribution in [0, 0.1) is 5.92 Å². The average Bonchev–Trinajstić information content (AvgIpc) is 2.79. The molecule has 7 nitrogen and oxygen atoms in total. The SMILES string of the molecule is CC1CCCCC1NC(=O)COC(=O)CCc1ccc(S(=O)(=O)N2CCCCC2)cc1. The number of benzene rings is 1. The van der Waals surface area contributed by atoms with Crippen LogP contribution in [0.1, 0.15) is 63.9 Å². The van der Waals surface area contributed by atoms with Crippen LogP contribution in [0.5, 0.6) is 0 Å². The molecule has 1 N–H and O–H groups in total. The number of ether oxygens (including phenoxy) is 1. The van der Waals surface area contributed by atoms with Crippen molar-refractivity contribution in [2.24, 2.45) is 5.92 Å². The van der Waals surface area contributed by atoms with Gasteiger partial charge in [0.05, 0.1) is 4.90 Å². The van der Waals surface area contributed by atoms with E-state index in [2.05, 4.69) is 12.2 Å². The Hall–Kier alpha value is -1.93. The van der Waals surface area contributed by atoms with Gasteiger partial charge in [-0.2, -0.15) is 4.31 Å². The summed E-state index contributed by atoms with van der Waals surface area (Å²) in [5.41, 5.74) is 0.857. The van der Waals surface area contributed by atoms with Crippen molar-refractivity contribution in [2.75, 3.05) is 19.7 Å². The number of carbonyl (C=O) groups excluding carboxylic acids is 2. The lowest BCUT2D eigenvalue weighted by Crippen LogP contribution is -2.42. The van der Waals surface area contributed by atoms with Crippen molar-refractivity contribution >= 4 is 21.9 Å². The Kier molecular flexibility index (Phi) is 8.49. The van der Waals surface area contributed by atoms with Crippen molar-refractivity contribution in [3.63, 3.8) is 0 Å². The number of piperidine rings is 1. The van der Waals surface area contributed by atoms with Gasteiger partial charge in [-0.1, -0.05) is 38.3 Å². The molecule has 0 spiro atoms. The molecule has 0 radical (unpaired) electrons. The van der Waals surface area contributed by atoms with Gasteiger partial charge >= 0.3 is 5.97 Å². The number of carbonyl (C=O) groups is 2. The molecule has 2 unspecified atom stereocenters. The number of esters is 1. The van der Waals surface area contributed by atoms with Gasteiger partial charge in [-0.25, -0.2) is 8.42 Å². The lowest BCUT2D eigenvalue weighted by Gasteiger charge is -2.29. The van der Waals surface area contributed by atoms with Crippen molar-refractivity contribution in [3.05, 3.63) is 29.8 Å². The highest BCUT2D eigenvalue weighted by molar-refractivity contribution is 7.89. The number of amides is 1. The molecule has 2 atom stereocenters. The van der Waals surface area contributed by atoms with Gasteiger partial charge in [0.25, 0.3) is 5.91 Å². The third-order valence-electron chi connectivity index (χ3n) is 6.32. The minimum absolute atomic E-state index is 0.144. The fraction of sp³-hybridized carbons (Fsp3) is 0.652. The van der Waals surface area contributed by atoms with Crippen molar-refractivity contribution in [3.8, 4) is 0 Å². The number of aryl methyl sites for hydroxylation is 1. The number of nitrogens with zero attached hydrogens (tertiary/aromatic N) is 1. The topological polar surface area (TPSA) is 92.8 Å². The maximum Gasteiger partial charge on any atom is 0.306 e. The second kappa shape index (κ2) is 11.1. The maximum atomic E-state index is 12.7. The zero-order valence-electron chi connectivity index (χ0n) is 18.3. The Morgan fingerprint density at radius 3 is 2.39 bits per heavy atom. The number of hydrogen-bond donors (Lipinski definition) is 1. The van der Waals surface area contributed by atoms with Crippen LogP contribution in [-0.2, 0) is 30.8 Å². The van der Waals surface area contributed by atoms with E-state index in [0.29, 0.717) is 25.4 Å². The molecule has 172 valence electrons. The van der Waals surface area contributed by atoms with Crippen LogP contribution >= 0.6 is 0 Å². The highest BCUT2D eigenvalue weighted by Crippen LogP contribution is 2.24. The molecule has 0 bridgehead atoms. The number of hydrogen-bond acceptors (Lipinski definition) is 5. The van der Waals surface area contributed by atoms with E-state index in [4.69, 9.17) is 4.74 Å². The summed E-state index contributed by atoms with van der Waals surface area (Å²) in [5, 5.41) is 2.97. The number of nitrogens with one attached hydrogen (secondary N) is 1.